The van der Waals surface area contributed by atoms with Crippen molar-refractivity contribution in [2.24, 2.45) is 0 Å². The van der Waals surface area contributed by atoms with Gasteiger partial charge >= 0.3 is 0 Å². The van der Waals surface area contributed by atoms with Gasteiger partial charge in [-0.25, -0.2) is 0 Å². The summed E-state index contributed by atoms with van der Waals surface area (Å²) in [6.07, 6.45) is 1.90. The summed E-state index contributed by atoms with van der Waals surface area (Å²) in [6.45, 7) is 6.52. The monoisotopic (exact) mass is 211 g/mol. The predicted molar refractivity (Wildman–Crippen MR) is 68.5 cm³/mol. The van der Waals surface area contributed by atoms with E-state index in [2.05, 4.69) is 56.1 Å². The van der Waals surface area contributed by atoms with Crippen LogP contribution in [0.25, 0.3) is 11.1 Å². The molecule has 0 atom stereocenters. The highest BCUT2D eigenvalue weighted by molar-refractivity contribution is 5.69. The third kappa shape index (κ3) is 1.99. The number of aryl methyl sites for hydroxylation is 1. The molecule has 1 nitrogen and oxygen atoms in total. The average Bonchev–Trinajstić information content (AvgIpc) is 2.29. The Morgan fingerprint density at radius 2 is 1.69 bits per heavy atom. The maximum absolute atomic E-state index is 4.40. The summed E-state index contributed by atoms with van der Waals surface area (Å²) >= 11 is 0. The van der Waals surface area contributed by atoms with E-state index >= 15 is 0 Å². The first kappa shape index (κ1) is 10.9. The third-order valence-electron chi connectivity index (χ3n) is 2.86. The van der Waals surface area contributed by atoms with E-state index in [1.807, 2.05) is 12.3 Å². The molecule has 1 heterocycles. The molecule has 0 saturated heterocycles. The van der Waals surface area contributed by atoms with Crippen molar-refractivity contribution in [3.05, 3.63) is 53.9 Å². The van der Waals surface area contributed by atoms with Gasteiger partial charge in [-0.15, -0.1) is 0 Å². The maximum atomic E-state index is 4.40. The fraction of sp³-hybridized carbons (Fsp3) is 0.267. The molecule has 16 heavy (non-hydrogen) atoms. The van der Waals surface area contributed by atoms with Crippen LogP contribution in [0.5, 0.6) is 0 Å². The molecule has 0 unspecified atom stereocenters. The lowest BCUT2D eigenvalue weighted by molar-refractivity contribution is 0.862. The van der Waals surface area contributed by atoms with Gasteiger partial charge in [-0.05, 0) is 30.0 Å². The largest absolute Gasteiger partial charge is 0.261 e. The highest BCUT2D eigenvalue weighted by Gasteiger charge is 2.11. The van der Waals surface area contributed by atoms with Crippen LogP contribution in [0.15, 0.2) is 42.6 Å². The van der Waals surface area contributed by atoms with Crippen LogP contribution >= 0.6 is 0 Å². The van der Waals surface area contributed by atoms with E-state index in [4.69, 9.17) is 0 Å². The minimum atomic E-state index is 0.525. The lowest BCUT2D eigenvalue weighted by Crippen LogP contribution is -1.97. The van der Waals surface area contributed by atoms with Crippen molar-refractivity contribution in [1.29, 1.82) is 0 Å². The highest BCUT2D eigenvalue weighted by atomic mass is 14.7. The van der Waals surface area contributed by atoms with Crippen LogP contribution in [-0.2, 0) is 0 Å². The average molecular weight is 211 g/mol. The van der Waals surface area contributed by atoms with Crippen LogP contribution in [-0.4, -0.2) is 4.98 Å². The molecule has 0 aliphatic carbocycles. The summed E-state index contributed by atoms with van der Waals surface area (Å²) in [5, 5.41) is 0. The zero-order chi connectivity index (χ0) is 11.5. The van der Waals surface area contributed by atoms with E-state index in [-0.39, 0.29) is 0 Å². The van der Waals surface area contributed by atoms with Crippen molar-refractivity contribution >= 4 is 0 Å². The lowest BCUT2D eigenvalue weighted by Gasteiger charge is -2.14. The molecule has 1 heteroatoms. The van der Waals surface area contributed by atoms with Crippen LogP contribution < -0.4 is 0 Å². The molecule has 0 spiro atoms. The Kier molecular flexibility index (Phi) is 3.04. The fourth-order valence-corrected chi connectivity index (χ4v) is 2.05. The van der Waals surface area contributed by atoms with E-state index < -0.39 is 0 Å². The Labute approximate surface area is 97.2 Å². The Balaban J connectivity index is 2.64. The molecule has 0 amide bonds. The molecule has 82 valence electrons. The highest BCUT2D eigenvalue weighted by Crippen LogP contribution is 2.30. The van der Waals surface area contributed by atoms with Crippen LogP contribution in [0, 0.1) is 6.92 Å². The van der Waals surface area contributed by atoms with Gasteiger partial charge in [-0.3, -0.25) is 4.98 Å². The Hall–Kier alpha value is -1.63. The van der Waals surface area contributed by atoms with Gasteiger partial charge in [0.25, 0.3) is 0 Å². The van der Waals surface area contributed by atoms with Gasteiger partial charge in [-0.2, -0.15) is 0 Å². The molecular weight excluding hydrogens is 194 g/mol. The normalized spacial score (nSPS) is 10.8. The SMILES string of the molecule is Cc1nccc(C(C)C)c1-c1ccccc1. The Bertz CT molecular complexity index is 472. The van der Waals surface area contributed by atoms with Crippen LogP contribution in [0.3, 0.4) is 0 Å². The smallest absolute Gasteiger partial charge is 0.0453 e. The fourth-order valence-electron chi connectivity index (χ4n) is 2.05. The number of pyridine rings is 1. The standard InChI is InChI=1S/C15H17N/c1-11(2)14-9-10-16-12(3)15(14)13-7-5-4-6-8-13/h4-11H,1-3H3. The number of nitrogens with zero attached hydrogens (tertiary/aromatic N) is 1. The molecule has 0 bridgehead atoms. The molecule has 0 aliphatic heterocycles. The van der Waals surface area contributed by atoms with Gasteiger partial charge in [0.05, 0.1) is 0 Å². The topological polar surface area (TPSA) is 12.9 Å². The second-order valence-electron chi connectivity index (χ2n) is 4.38. The van der Waals surface area contributed by atoms with Gasteiger partial charge < -0.3 is 0 Å². The number of benzene rings is 1. The minimum absolute atomic E-state index is 0.525. The first-order valence-corrected chi connectivity index (χ1v) is 5.71. The molecule has 2 aromatic rings. The summed E-state index contributed by atoms with van der Waals surface area (Å²) in [6, 6.07) is 12.6. The number of hydrogen-bond acceptors (Lipinski definition) is 1. The van der Waals surface area contributed by atoms with Crippen molar-refractivity contribution in [3.8, 4) is 11.1 Å². The van der Waals surface area contributed by atoms with Crippen LogP contribution in [0.1, 0.15) is 31.0 Å². The van der Waals surface area contributed by atoms with E-state index in [9.17, 15) is 0 Å². The molecule has 1 aromatic carbocycles. The van der Waals surface area contributed by atoms with Gasteiger partial charge in [0.2, 0.25) is 0 Å². The second-order valence-corrected chi connectivity index (χ2v) is 4.38. The zero-order valence-corrected chi connectivity index (χ0v) is 10.1. The molecule has 0 fully saturated rings. The van der Waals surface area contributed by atoms with E-state index in [1.54, 1.807) is 0 Å². The summed E-state index contributed by atoms with van der Waals surface area (Å²) in [5.74, 6) is 0.525. The summed E-state index contributed by atoms with van der Waals surface area (Å²) in [4.78, 5) is 4.40. The van der Waals surface area contributed by atoms with E-state index in [0.717, 1.165) is 5.69 Å². The molecule has 1 aromatic heterocycles. The Morgan fingerprint density at radius 3 is 2.31 bits per heavy atom. The summed E-state index contributed by atoms with van der Waals surface area (Å²) in [7, 11) is 0. The lowest BCUT2D eigenvalue weighted by atomic mass is 9.92. The molecule has 0 aliphatic rings. The van der Waals surface area contributed by atoms with Crippen molar-refractivity contribution in [2.45, 2.75) is 26.7 Å². The predicted octanol–water partition coefficient (Wildman–Crippen LogP) is 4.18. The first-order chi connectivity index (χ1) is 7.70. The number of aromatic nitrogens is 1. The minimum Gasteiger partial charge on any atom is -0.261 e. The molecule has 0 N–H and O–H groups in total. The third-order valence-corrected chi connectivity index (χ3v) is 2.86. The summed E-state index contributed by atoms with van der Waals surface area (Å²) in [5.41, 5.74) is 5.03. The van der Waals surface area contributed by atoms with E-state index in [0.29, 0.717) is 5.92 Å². The molecular formula is C15H17N. The van der Waals surface area contributed by atoms with Crippen LogP contribution in [0.2, 0.25) is 0 Å². The Morgan fingerprint density at radius 1 is 1.00 bits per heavy atom. The maximum Gasteiger partial charge on any atom is 0.0453 e. The van der Waals surface area contributed by atoms with Gasteiger partial charge in [0.1, 0.15) is 0 Å². The quantitative estimate of drug-likeness (QED) is 0.726. The van der Waals surface area contributed by atoms with Gasteiger partial charge in [0, 0.05) is 17.5 Å². The van der Waals surface area contributed by atoms with E-state index in [1.165, 1.54) is 16.7 Å². The van der Waals surface area contributed by atoms with Crippen molar-refractivity contribution in [1.82, 2.24) is 4.98 Å². The molecule has 2 rings (SSSR count). The van der Waals surface area contributed by atoms with Crippen molar-refractivity contribution in [3.63, 3.8) is 0 Å². The first-order valence-electron chi connectivity index (χ1n) is 5.71. The van der Waals surface area contributed by atoms with Crippen molar-refractivity contribution < 1.29 is 0 Å². The van der Waals surface area contributed by atoms with Crippen molar-refractivity contribution in [2.75, 3.05) is 0 Å². The van der Waals surface area contributed by atoms with Crippen LogP contribution in [0.4, 0.5) is 0 Å². The van der Waals surface area contributed by atoms with Gasteiger partial charge in [-0.1, -0.05) is 44.2 Å². The van der Waals surface area contributed by atoms with Gasteiger partial charge in [0.15, 0.2) is 0 Å². The second kappa shape index (κ2) is 4.48. The molecule has 0 saturated carbocycles. The number of hydrogen-bond donors (Lipinski definition) is 0. The number of rotatable bonds is 2. The summed E-state index contributed by atoms with van der Waals surface area (Å²) < 4.78 is 0. The molecule has 0 radical (unpaired) electrons. The zero-order valence-electron chi connectivity index (χ0n) is 10.1.